The van der Waals surface area contributed by atoms with Gasteiger partial charge in [0.05, 0.1) is 0 Å². The number of amides is 1. The molecule has 31 heavy (non-hydrogen) atoms. The Labute approximate surface area is 197 Å². The van der Waals surface area contributed by atoms with E-state index in [1.54, 1.807) is 60.7 Å². The smallest absolute Gasteiger partial charge is 0.291 e. The molecular formula is C24H16BrCl2NO3. The van der Waals surface area contributed by atoms with Gasteiger partial charge in [0.1, 0.15) is 11.9 Å². The van der Waals surface area contributed by atoms with Crippen molar-refractivity contribution in [3.8, 4) is 11.3 Å². The molecule has 1 heterocycles. The predicted octanol–water partition coefficient (Wildman–Crippen LogP) is 7.35. The molecule has 0 saturated carbocycles. The third-order valence-corrected chi connectivity index (χ3v) is 5.82. The third kappa shape index (κ3) is 4.86. The largest absolute Gasteiger partial charge is 0.451 e. The third-order valence-electron chi connectivity index (χ3n) is 4.70. The molecular weight excluding hydrogens is 501 g/mol. The number of nitrogens with one attached hydrogen (secondary N) is 1. The zero-order chi connectivity index (χ0) is 22.0. The molecule has 0 fully saturated rings. The van der Waals surface area contributed by atoms with Crippen molar-refractivity contribution in [2.75, 3.05) is 5.32 Å². The van der Waals surface area contributed by atoms with Crippen molar-refractivity contribution in [3.05, 3.63) is 110 Å². The van der Waals surface area contributed by atoms with E-state index in [2.05, 4.69) is 21.2 Å². The summed E-state index contributed by atoms with van der Waals surface area (Å²) in [5.41, 5.74) is 2.39. The van der Waals surface area contributed by atoms with E-state index in [-0.39, 0.29) is 5.76 Å². The molecule has 1 amide bonds. The van der Waals surface area contributed by atoms with E-state index in [1.807, 2.05) is 18.2 Å². The molecule has 0 spiro atoms. The Morgan fingerprint density at radius 1 is 0.935 bits per heavy atom. The molecule has 0 saturated heterocycles. The van der Waals surface area contributed by atoms with Gasteiger partial charge in [-0.25, -0.2) is 0 Å². The summed E-state index contributed by atoms with van der Waals surface area (Å²) in [6, 6.07) is 22.7. The van der Waals surface area contributed by atoms with Gasteiger partial charge in [-0.2, -0.15) is 0 Å². The molecule has 0 unspecified atom stereocenters. The second-order valence-electron chi connectivity index (χ2n) is 6.79. The van der Waals surface area contributed by atoms with E-state index in [0.29, 0.717) is 32.6 Å². The lowest BCUT2D eigenvalue weighted by atomic mass is 10.00. The number of aliphatic hydroxyl groups is 1. The highest BCUT2D eigenvalue weighted by molar-refractivity contribution is 9.10. The van der Waals surface area contributed by atoms with Crippen molar-refractivity contribution in [2.45, 2.75) is 6.10 Å². The molecule has 4 aromatic rings. The average Bonchev–Trinajstić information content (AvgIpc) is 3.25. The predicted molar refractivity (Wildman–Crippen MR) is 127 cm³/mol. The number of halogens is 3. The Hall–Kier alpha value is -2.57. The maximum absolute atomic E-state index is 12.8. The first kappa shape index (κ1) is 21.7. The molecule has 156 valence electrons. The monoisotopic (exact) mass is 515 g/mol. The Bertz CT molecular complexity index is 1240. The van der Waals surface area contributed by atoms with Crippen molar-refractivity contribution >= 4 is 50.7 Å². The number of rotatable bonds is 5. The summed E-state index contributed by atoms with van der Waals surface area (Å²) in [6.07, 6.45) is -0.951. The first-order valence-corrected chi connectivity index (χ1v) is 10.9. The number of aliphatic hydroxyl groups excluding tert-OH is 1. The maximum atomic E-state index is 12.8. The van der Waals surface area contributed by atoms with Gasteiger partial charge in [0, 0.05) is 31.3 Å². The van der Waals surface area contributed by atoms with E-state index in [0.717, 1.165) is 10.0 Å². The van der Waals surface area contributed by atoms with E-state index in [1.165, 1.54) is 0 Å². The molecule has 0 bridgehead atoms. The van der Waals surface area contributed by atoms with Crippen LogP contribution in [0, 0.1) is 0 Å². The summed E-state index contributed by atoms with van der Waals surface area (Å²) in [7, 11) is 0. The Morgan fingerprint density at radius 2 is 1.65 bits per heavy atom. The highest BCUT2D eigenvalue weighted by atomic mass is 79.9. The fourth-order valence-electron chi connectivity index (χ4n) is 3.17. The van der Waals surface area contributed by atoms with Crippen LogP contribution >= 0.6 is 39.1 Å². The topological polar surface area (TPSA) is 62.5 Å². The van der Waals surface area contributed by atoms with Gasteiger partial charge < -0.3 is 14.8 Å². The number of carbonyl (C=O) groups excluding carboxylic acids is 1. The number of carbonyl (C=O) groups is 1. The summed E-state index contributed by atoms with van der Waals surface area (Å²) >= 11 is 15.6. The van der Waals surface area contributed by atoms with Crippen molar-refractivity contribution in [2.24, 2.45) is 0 Å². The van der Waals surface area contributed by atoms with Crippen LogP contribution in [0.1, 0.15) is 27.8 Å². The standard InChI is InChI=1S/C24H16BrCl2NO3/c25-19-13-16(27)6-8-17(19)21-10-11-22(31-21)24(30)28-20-9-7-15(26)12-18(20)23(29)14-4-2-1-3-5-14/h1-13,23,29H,(H,28,30)/t23-/m0/s1. The first-order valence-electron chi connectivity index (χ1n) is 9.31. The van der Waals surface area contributed by atoms with Gasteiger partial charge in [0.25, 0.3) is 5.91 Å². The van der Waals surface area contributed by atoms with Crippen LogP contribution < -0.4 is 5.32 Å². The fraction of sp³-hybridized carbons (Fsp3) is 0.0417. The van der Waals surface area contributed by atoms with Gasteiger partial charge in [-0.15, -0.1) is 0 Å². The highest BCUT2D eigenvalue weighted by Crippen LogP contribution is 2.33. The van der Waals surface area contributed by atoms with E-state index >= 15 is 0 Å². The highest BCUT2D eigenvalue weighted by Gasteiger charge is 2.19. The minimum absolute atomic E-state index is 0.131. The Morgan fingerprint density at radius 3 is 2.39 bits per heavy atom. The summed E-state index contributed by atoms with van der Waals surface area (Å²) in [5, 5.41) is 14.7. The van der Waals surface area contributed by atoms with Crippen LogP contribution in [0.3, 0.4) is 0 Å². The van der Waals surface area contributed by atoms with E-state index in [4.69, 9.17) is 27.6 Å². The van der Waals surface area contributed by atoms with Crippen molar-refractivity contribution < 1.29 is 14.3 Å². The molecule has 3 aromatic carbocycles. The molecule has 0 radical (unpaired) electrons. The molecule has 1 aromatic heterocycles. The van der Waals surface area contributed by atoms with Crippen molar-refractivity contribution in [1.82, 2.24) is 0 Å². The maximum Gasteiger partial charge on any atom is 0.291 e. The number of hydrogen-bond acceptors (Lipinski definition) is 3. The molecule has 7 heteroatoms. The van der Waals surface area contributed by atoms with Gasteiger partial charge in [0.2, 0.25) is 0 Å². The SMILES string of the molecule is O=C(Nc1ccc(Cl)cc1[C@@H](O)c1ccccc1)c1ccc(-c2ccc(Cl)cc2Br)o1. The van der Waals surface area contributed by atoms with Crippen LogP contribution in [0.4, 0.5) is 5.69 Å². The van der Waals surface area contributed by atoms with Gasteiger partial charge in [-0.3, -0.25) is 4.79 Å². The Kier molecular flexibility index (Phi) is 6.49. The molecule has 4 rings (SSSR count). The van der Waals surface area contributed by atoms with Crippen molar-refractivity contribution in [3.63, 3.8) is 0 Å². The van der Waals surface area contributed by atoms with Crippen LogP contribution in [0.5, 0.6) is 0 Å². The quantitative estimate of drug-likeness (QED) is 0.291. The molecule has 0 aliphatic carbocycles. The summed E-state index contributed by atoms with van der Waals surface area (Å²) in [5.74, 6) is 0.210. The van der Waals surface area contributed by atoms with Gasteiger partial charge >= 0.3 is 0 Å². The van der Waals surface area contributed by atoms with Crippen LogP contribution in [-0.2, 0) is 0 Å². The van der Waals surface area contributed by atoms with Crippen LogP contribution in [0.15, 0.2) is 87.8 Å². The number of hydrogen-bond donors (Lipinski definition) is 2. The lowest BCUT2D eigenvalue weighted by Crippen LogP contribution is -2.14. The van der Waals surface area contributed by atoms with E-state index < -0.39 is 12.0 Å². The van der Waals surface area contributed by atoms with Crippen LogP contribution in [-0.4, -0.2) is 11.0 Å². The number of benzene rings is 3. The second-order valence-corrected chi connectivity index (χ2v) is 8.51. The average molecular weight is 517 g/mol. The molecule has 2 N–H and O–H groups in total. The molecule has 1 atom stereocenters. The normalized spacial score (nSPS) is 11.9. The summed E-state index contributed by atoms with van der Waals surface area (Å²) in [4.78, 5) is 12.8. The zero-order valence-corrected chi connectivity index (χ0v) is 19.1. The van der Waals surface area contributed by atoms with Gasteiger partial charge in [0.15, 0.2) is 5.76 Å². The van der Waals surface area contributed by atoms with Gasteiger partial charge in [-0.05, 0) is 70.0 Å². The minimum atomic E-state index is -0.951. The van der Waals surface area contributed by atoms with Crippen LogP contribution in [0.2, 0.25) is 10.0 Å². The van der Waals surface area contributed by atoms with Crippen molar-refractivity contribution in [1.29, 1.82) is 0 Å². The summed E-state index contributed by atoms with van der Waals surface area (Å²) < 4.78 is 6.52. The zero-order valence-electron chi connectivity index (χ0n) is 16.0. The molecule has 0 aliphatic rings. The first-order chi connectivity index (χ1) is 14.9. The lowest BCUT2D eigenvalue weighted by molar-refractivity contribution is 0.0997. The molecule has 4 nitrogen and oxygen atoms in total. The van der Waals surface area contributed by atoms with E-state index in [9.17, 15) is 9.90 Å². The summed E-state index contributed by atoms with van der Waals surface area (Å²) in [6.45, 7) is 0. The van der Waals surface area contributed by atoms with Gasteiger partial charge in [-0.1, -0.05) is 53.5 Å². The number of furan rings is 1. The number of anilines is 1. The fourth-order valence-corrected chi connectivity index (χ4v) is 4.23. The Balaban J connectivity index is 1.60. The molecule has 0 aliphatic heterocycles. The van der Waals surface area contributed by atoms with Crippen LogP contribution in [0.25, 0.3) is 11.3 Å². The second kappa shape index (κ2) is 9.28. The minimum Gasteiger partial charge on any atom is -0.451 e. The lowest BCUT2D eigenvalue weighted by Gasteiger charge is -2.17.